The second kappa shape index (κ2) is 5.78. The van der Waals surface area contributed by atoms with Crippen LogP contribution in [0.4, 0.5) is 4.39 Å². The minimum Gasteiger partial charge on any atom is -0.461 e. The van der Waals surface area contributed by atoms with E-state index in [4.69, 9.17) is 4.74 Å². The van der Waals surface area contributed by atoms with Crippen LogP contribution in [0.5, 0.6) is 0 Å². The highest BCUT2D eigenvalue weighted by Gasteiger charge is 2.26. The van der Waals surface area contributed by atoms with Gasteiger partial charge in [-0.25, -0.2) is 0 Å². The Balaban J connectivity index is 2.26. The van der Waals surface area contributed by atoms with Crippen molar-refractivity contribution in [3.8, 4) is 0 Å². The molecule has 0 atom stereocenters. The summed E-state index contributed by atoms with van der Waals surface area (Å²) >= 11 is 0. The van der Waals surface area contributed by atoms with E-state index in [1.807, 2.05) is 0 Å². The van der Waals surface area contributed by atoms with E-state index in [1.165, 1.54) is 0 Å². The van der Waals surface area contributed by atoms with Crippen LogP contribution in [0, 0.1) is 11.8 Å². The number of halogens is 1. The third-order valence-corrected chi connectivity index (χ3v) is 2.74. The van der Waals surface area contributed by atoms with Crippen molar-refractivity contribution in [1.82, 2.24) is 0 Å². The van der Waals surface area contributed by atoms with Crippen molar-refractivity contribution in [2.24, 2.45) is 11.8 Å². The van der Waals surface area contributed by atoms with Crippen molar-refractivity contribution in [2.45, 2.75) is 25.7 Å². The lowest BCUT2D eigenvalue weighted by Crippen LogP contribution is -2.24. The first-order valence-corrected chi connectivity index (χ1v) is 5.11. The number of carbonyl (C=O) groups excluding carboxylic acids is 1. The quantitative estimate of drug-likeness (QED) is 0.515. The monoisotopic (exact) mass is 200 g/mol. The zero-order chi connectivity index (χ0) is 10.4. The first-order chi connectivity index (χ1) is 6.77. The van der Waals surface area contributed by atoms with E-state index in [1.54, 1.807) is 6.08 Å². The molecule has 0 aliphatic heterocycles. The van der Waals surface area contributed by atoms with Gasteiger partial charge in [-0.1, -0.05) is 12.7 Å². The predicted molar refractivity (Wildman–Crippen MR) is 52.6 cm³/mol. The third kappa shape index (κ3) is 3.13. The molecule has 14 heavy (non-hydrogen) atoms. The first-order valence-electron chi connectivity index (χ1n) is 5.11. The standard InChI is InChI=1S/C11H17FO2/c1-2-7-14-11(13)10-5-3-9(8-12)4-6-10/h2,9-10H,1,3-8H2. The molecule has 0 aromatic rings. The Morgan fingerprint density at radius 2 is 2.07 bits per heavy atom. The van der Waals surface area contributed by atoms with Crippen molar-refractivity contribution in [2.75, 3.05) is 13.3 Å². The number of ether oxygens (including phenoxy) is 1. The molecule has 0 aromatic heterocycles. The van der Waals surface area contributed by atoms with Gasteiger partial charge in [-0.15, -0.1) is 0 Å². The second-order valence-corrected chi connectivity index (χ2v) is 3.79. The molecule has 0 amide bonds. The van der Waals surface area contributed by atoms with E-state index in [0.717, 1.165) is 25.7 Å². The maximum Gasteiger partial charge on any atom is 0.309 e. The van der Waals surface area contributed by atoms with Gasteiger partial charge in [0.25, 0.3) is 0 Å². The van der Waals surface area contributed by atoms with Crippen LogP contribution in [-0.4, -0.2) is 19.3 Å². The Hall–Kier alpha value is -0.860. The number of rotatable bonds is 4. The number of alkyl halides is 1. The summed E-state index contributed by atoms with van der Waals surface area (Å²) < 4.78 is 17.2. The summed E-state index contributed by atoms with van der Waals surface area (Å²) in [5.41, 5.74) is 0. The number of hydrogen-bond donors (Lipinski definition) is 0. The van der Waals surface area contributed by atoms with Crippen LogP contribution in [0.2, 0.25) is 0 Å². The van der Waals surface area contributed by atoms with Gasteiger partial charge in [0.05, 0.1) is 12.6 Å². The summed E-state index contributed by atoms with van der Waals surface area (Å²) in [6.07, 6.45) is 4.72. The molecule has 0 aromatic carbocycles. The molecule has 0 radical (unpaired) electrons. The maximum atomic E-state index is 12.3. The molecule has 0 N–H and O–H groups in total. The van der Waals surface area contributed by atoms with Gasteiger partial charge < -0.3 is 4.74 Å². The van der Waals surface area contributed by atoms with Crippen LogP contribution >= 0.6 is 0 Å². The van der Waals surface area contributed by atoms with Gasteiger partial charge in [0.15, 0.2) is 0 Å². The lowest BCUT2D eigenvalue weighted by Gasteiger charge is -2.25. The Labute approximate surface area is 84.1 Å². The lowest BCUT2D eigenvalue weighted by molar-refractivity contribution is -0.148. The fraction of sp³-hybridized carbons (Fsp3) is 0.727. The van der Waals surface area contributed by atoms with Gasteiger partial charge in [-0.05, 0) is 31.6 Å². The van der Waals surface area contributed by atoms with Gasteiger partial charge >= 0.3 is 5.97 Å². The Morgan fingerprint density at radius 3 is 2.57 bits per heavy atom. The average Bonchev–Trinajstić information content (AvgIpc) is 2.26. The molecule has 1 aliphatic carbocycles. The topological polar surface area (TPSA) is 26.3 Å². The minimum absolute atomic E-state index is 0.0160. The Kier molecular flexibility index (Phi) is 4.63. The molecule has 3 heteroatoms. The maximum absolute atomic E-state index is 12.3. The van der Waals surface area contributed by atoms with Crippen LogP contribution in [-0.2, 0) is 9.53 Å². The predicted octanol–water partition coefficient (Wildman–Crippen LogP) is 2.49. The number of hydrogen-bond acceptors (Lipinski definition) is 2. The zero-order valence-electron chi connectivity index (χ0n) is 8.38. The van der Waals surface area contributed by atoms with E-state index in [0.29, 0.717) is 0 Å². The highest BCUT2D eigenvalue weighted by atomic mass is 19.1. The largest absolute Gasteiger partial charge is 0.461 e. The third-order valence-electron chi connectivity index (χ3n) is 2.74. The molecule has 0 bridgehead atoms. The van der Waals surface area contributed by atoms with Crippen molar-refractivity contribution in [3.63, 3.8) is 0 Å². The van der Waals surface area contributed by atoms with Crippen molar-refractivity contribution in [3.05, 3.63) is 12.7 Å². The fourth-order valence-electron chi connectivity index (χ4n) is 1.81. The van der Waals surface area contributed by atoms with Crippen molar-refractivity contribution >= 4 is 5.97 Å². The second-order valence-electron chi connectivity index (χ2n) is 3.79. The molecule has 0 unspecified atom stereocenters. The smallest absolute Gasteiger partial charge is 0.309 e. The van der Waals surface area contributed by atoms with Crippen LogP contribution in [0.25, 0.3) is 0 Å². The zero-order valence-corrected chi connectivity index (χ0v) is 8.38. The Morgan fingerprint density at radius 1 is 1.43 bits per heavy atom. The summed E-state index contributed by atoms with van der Waals surface area (Å²) in [7, 11) is 0. The van der Waals surface area contributed by atoms with E-state index in [9.17, 15) is 9.18 Å². The summed E-state index contributed by atoms with van der Waals surface area (Å²) in [6.45, 7) is 3.50. The summed E-state index contributed by atoms with van der Waals surface area (Å²) in [5.74, 6) is -0.00147. The van der Waals surface area contributed by atoms with Crippen molar-refractivity contribution in [1.29, 1.82) is 0 Å². The van der Waals surface area contributed by atoms with E-state index >= 15 is 0 Å². The first kappa shape index (κ1) is 11.2. The molecule has 2 nitrogen and oxygen atoms in total. The van der Waals surface area contributed by atoms with Gasteiger partial charge in [0.2, 0.25) is 0 Å². The molecular weight excluding hydrogens is 183 g/mol. The molecule has 0 spiro atoms. The van der Waals surface area contributed by atoms with Crippen molar-refractivity contribution < 1.29 is 13.9 Å². The molecule has 80 valence electrons. The molecule has 0 heterocycles. The SMILES string of the molecule is C=CCOC(=O)C1CCC(CF)CC1. The van der Waals surface area contributed by atoms with E-state index < -0.39 is 0 Å². The summed E-state index contributed by atoms with van der Waals surface area (Å²) in [4.78, 5) is 11.4. The highest BCUT2D eigenvalue weighted by molar-refractivity contribution is 5.72. The summed E-state index contributed by atoms with van der Waals surface area (Å²) in [5, 5.41) is 0. The van der Waals surface area contributed by atoms with Crippen LogP contribution < -0.4 is 0 Å². The fourth-order valence-corrected chi connectivity index (χ4v) is 1.81. The Bertz CT molecular complexity index is 195. The normalized spacial score (nSPS) is 26.9. The number of esters is 1. The molecule has 1 rings (SSSR count). The highest BCUT2D eigenvalue weighted by Crippen LogP contribution is 2.29. The van der Waals surface area contributed by atoms with E-state index in [2.05, 4.69) is 6.58 Å². The molecular formula is C11H17FO2. The molecule has 1 saturated carbocycles. The van der Waals surface area contributed by atoms with Crippen LogP contribution in [0.15, 0.2) is 12.7 Å². The van der Waals surface area contributed by atoms with Crippen LogP contribution in [0.3, 0.4) is 0 Å². The van der Waals surface area contributed by atoms with Gasteiger partial charge in [0, 0.05) is 0 Å². The van der Waals surface area contributed by atoms with Crippen LogP contribution in [0.1, 0.15) is 25.7 Å². The number of carbonyl (C=O) groups is 1. The summed E-state index contributed by atoms with van der Waals surface area (Å²) in [6, 6.07) is 0. The molecule has 1 aliphatic rings. The van der Waals surface area contributed by atoms with Gasteiger partial charge in [0.1, 0.15) is 6.61 Å². The van der Waals surface area contributed by atoms with E-state index in [-0.39, 0.29) is 31.1 Å². The van der Waals surface area contributed by atoms with Gasteiger partial charge in [-0.3, -0.25) is 9.18 Å². The minimum atomic E-state index is -0.256. The lowest BCUT2D eigenvalue weighted by atomic mass is 9.83. The molecule has 1 fully saturated rings. The average molecular weight is 200 g/mol. The molecule has 0 saturated heterocycles. The van der Waals surface area contributed by atoms with Gasteiger partial charge in [-0.2, -0.15) is 0 Å².